The molecule has 4 heteroatoms. The molecule has 0 spiro atoms. The van der Waals surface area contributed by atoms with Crippen molar-refractivity contribution in [2.24, 2.45) is 0 Å². The third-order valence-corrected chi connectivity index (χ3v) is 3.35. The Morgan fingerprint density at radius 2 is 1.95 bits per heavy atom. The molecule has 0 saturated carbocycles. The summed E-state index contributed by atoms with van der Waals surface area (Å²) in [7, 11) is 1.68. The Morgan fingerprint density at radius 3 is 2.71 bits per heavy atom. The fourth-order valence-corrected chi connectivity index (χ4v) is 2.44. The van der Waals surface area contributed by atoms with Gasteiger partial charge in [0.05, 0.1) is 18.6 Å². The summed E-state index contributed by atoms with van der Waals surface area (Å²) in [6, 6.07) is 16.0. The third kappa shape index (κ3) is 2.60. The van der Waals surface area contributed by atoms with Crippen LogP contribution in [0.15, 0.2) is 48.5 Å². The van der Waals surface area contributed by atoms with Crippen LogP contribution in [0.25, 0.3) is 22.2 Å². The standard InChI is InChI=1S/C17H17N3O/c1-11(18)19-13-7-8-15-12(9-13)10-16(20-15)14-5-3-4-6-17(14)21-2/h3-10,20H,1-2H3,(H2,18,19). The van der Waals surface area contributed by atoms with E-state index in [1.54, 1.807) is 14.0 Å². The molecule has 0 unspecified atom stereocenters. The molecule has 106 valence electrons. The molecule has 0 amide bonds. The van der Waals surface area contributed by atoms with Gasteiger partial charge >= 0.3 is 0 Å². The van der Waals surface area contributed by atoms with E-state index in [0.717, 1.165) is 33.6 Å². The lowest BCUT2D eigenvalue weighted by Crippen LogP contribution is -2.04. The lowest BCUT2D eigenvalue weighted by molar-refractivity contribution is 0.416. The quantitative estimate of drug-likeness (QED) is 0.495. The number of methoxy groups -OCH3 is 1. The van der Waals surface area contributed by atoms with Crippen molar-refractivity contribution in [1.82, 2.24) is 4.98 Å². The summed E-state index contributed by atoms with van der Waals surface area (Å²) in [5.74, 6) is 1.27. The van der Waals surface area contributed by atoms with E-state index in [-0.39, 0.29) is 0 Å². The molecule has 4 nitrogen and oxygen atoms in total. The second kappa shape index (κ2) is 5.32. The van der Waals surface area contributed by atoms with Gasteiger partial charge in [-0.1, -0.05) is 12.1 Å². The Labute approximate surface area is 123 Å². The molecule has 0 aliphatic heterocycles. The molecule has 2 aromatic carbocycles. The third-order valence-electron chi connectivity index (χ3n) is 3.35. The van der Waals surface area contributed by atoms with E-state index >= 15 is 0 Å². The Hall–Kier alpha value is -2.75. The number of H-pyrrole nitrogens is 1. The number of fused-ring (bicyclic) bond motifs is 1. The molecule has 3 aromatic rings. The molecule has 0 aliphatic carbocycles. The molecular formula is C17H17N3O. The molecule has 0 bridgehead atoms. The van der Waals surface area contributed by atoms with Crippen LogP contribution in [0.3, 0.4) is 0 Å². The van der Waals surface area contributed by atoms with Crippen molar-refractivity contribution in [3.8, 4) is 17.0 Å². The molecule has 1 heterocycles. The number of aromatic amines is 1. The van der Waals surface area contributed by atoms with Gasteiger partial charge in [-0.05, 0) is 43.3 Å². The van der Waals surface area contributed by atoms with Gasteiger partial charge in [0.15, 0.2) is 0 Å². The maximum absolute atomic E-state index is 7.50. The van der Waals surface area contributed by atoms with Crippen LogP contribution < -0.4 is 10.1 Å². The summed E-state index contributed by atoms with van der Waals surface area (Å²) < 4.78 is 5.41. The van der Waals surface area contributed by atoms with Crippen LogP contribution in [0, 0.1) is 5.41 Å². The predicted octanol–water partition coefficient (Wildman–Crippen LogP) is 4.25. The van der Waals surface area contributed by atoms with Gasteiger partial charge in [-0.15, -0.1) is 0 Å². The molecule has 21 heavy (non-hydrogen) atoms. The normalized spacial score (nSPS) is 10.6. The van der Waals surface area contributed by atoms with Crippen LogP contribution in [0.5, 0.6) is 5.75 Å². The number of aromatic nitrogens is 1. The van der Waals surface area contributed by atoms with Crippen molar-refractivity contribution >= 4 is 22.4 Å². The van der Waals surface area contributed by atoms with Gasteiger partial charge < -0.3 is 15.0 Å². The zero-order valence-electron chi connectivity index (χ0n) is 12.0. The highest BCUT2D eigenvalue weighted by Crippen LogP contribution is 2.32. The van der Waals surface area contributed by atoms with Gasteiger partial charge in [0.25, 0.3) is 0 Å². The summed E-state index contributed by atoms with van der Waals surface area (Å²) in [5.41, 5.74) is 4.03. The minimum Gasteiger partial charge on any atom is -0.496 e. The molecule has 0 fully saturated rings. The van der Waals surface area contributed by atoms with E-state index in [0.29, 0.717) is 5.84 Å². The Kier molecular flexibility index (Phi) is 3.36. The first-order valence-corrected chi connectivity index (χ1v) is 6.76. The van der Waals surface area contributed by atoms with Crippen molar-refractivity contribution < 1.29 is 4.74 Å². The van der Waals surface area contributed by atoms with Crippen LogP contribution in [0.1, 0.15) is 6.92 Å². The van der Waals surface area contributed by atoms with Crippen LogP contribution in [-0.4, -0.2) is 17.9 Å². The lowest BCUT2D eigenvalue weighted by Gasteiger charge is -2.05. The van der Waals surface area contributed by atoms with Gasteiger partial charge in [0.2, 0.25) is 0 Å². The van der Waals surface area contributed by atoms with Crippen molar-refractivity contribution in [3.05, 3.63) is 48.5 Å². The fraction of sp³-hybridized carbons (Fsp3) is 0.118. The van der Waals surface area contributed by atoms with E-state index in [4.69, 9.17) is 10.1 Å². The molecule has 3 N–H and O–H groups in total. The molecule has 3 rings (SSSR count). The lowest BCUT2D eigenvalue weighted by atomic mass is 10.1. The van der Waals surface area contributed by atoms with E-state index in [9.17, 15) is 0 Å². The number of hydrogen-bond donors (Lipinski definition) is 3. The molecule has 1 aromatic heterocycles. The number of ether oxygens (including phenoxy) is 1. The van der Waals surface area contributed by atoms with Crippen molar-refractivity contribution in [2.75, 3.05) is 12.4 Å². The zero-order chi connectivity index (χ0) is 14.8. The number of hydrogen-bond acceptors (Lipinski definition) is 2. The van der Waals surface area contributed by atoms with Gasteiger partial charge in [0.1, 0.15) is 5.75 Å². The first-order chi connectivity index (χ1) is 10.2. The topological polar surface area (TPSA) is 60.9 Å². The highest BCUT2D eigenvalue weighted by molar-refractivity contribution is 5.95. The second-order valence-corrected chi connectivity index (χ2v) is 4.94. The molecular weight excluding hydrogens is 262 g/mol. The van der Waals surface area contributed by atoms with Gasteiger partial charge in [-0.2, -0.15) is 0 Å². The summed E-state index contributed by atoms with van der Waals surface area (Å²) >= 11 is 0. The number of nitrogens with one attached hydrogen (secondary N) is 3. The van der Waals surface area contributed by atoms with Gasteiger partial charge in [-0.25, -0.2) is 0 Å². The second-order valence-electron chi connectivity index (χ2n) is 4.94. The summed E-state index contributed by atoms with van der Waals surface area (Å²) in [5, 5.41) is 11.6. The maximum atomic E-state index is 7.50. The van der Waals surface area contributed by atoms with Crippen molar-refractivity contribution in [1.29, 1.82) is 5.41 Å². The SMILES string of the molecule is COc1ccccc1-c1cc2cc(NC(C)=N)ccc2[nH]1. The summed E-state index contributed by atoms with van der Waals surface area (Å²) in [6.07, 6.45) is 0. The number of para-hydroxylation sites is 1. The van der Waals surface area contributed by atoms with Crippen LogP contribution >= 0.6 is 0 Å². The first kappa shape index (κ1) is 13.2. The van der Waals surface area contributed by atoms with E-state index < -0.39 is 0 Å². The highest BCUT2D eigenvalue weighted by Gasteiger charge is 2.08. The summed E-state index contributed by atoms with van der Waals surface area (Å²) in [4.78, 5) is 3.41. The Bertz CT molecular complexity index is 805. The average molecular weight is 279 g/mol. The Morgan fingerprint density at radius 1 is 1.14 bits per heavy atom. The van der Waals surface area contributed by atoms with Gasteiger partial charge in [0, 0.05) is 22.2 Å². The molecule has 0 atom stereocenters. The minimum atomic E-state index is 0.426. The number of rotatable bonds is 3. The Balaban J connectivity index is 2.06. The highest BCUT2D eigenvalue weighted by atomic mass is 16.5. The largest absolute Gasteiger partial charge is 0.496 e. The molecule has 0 saturated heterocycles. The molecule has 0 aliphatic rings. The van der Waals surface area contributed by atoms with Crippen molar-refractivity contribution in [2.45, 2.75) is 6.92 Å². The zero-order valence-corrected chi connectivity index (χ0v) is 12.0. The predicted molar refractivity (Wildman–Crippen MR) is 87.3 cm³/mol. The monoisotopic (exact) mass is 279 g/mol. The van der Waals surface area contributed by atoms with Crippen LogP contribution in [-0.2, 0) is 0 Å². The maximum Gasteiger partial charge on any atom is 0.128 e. The van der Waals surface area contributed by atoms with Crippen molar-refractivity contribution in [3.63, 3.8) is 0 Å². The number of amidine groups is 1. The molecule has 0 radical (unpaired) electrons. The van der Waals surface area contributed by atoms with Crippen LogP contribution in [0.4, 0.5) is 5.69 Å². The summed E-state index contributed by atoms with van der Waals surface area (Å²) in [6.45, 7) is 1.72. The first-order valence-electron chi connectivity index (χ1n) is 6.76. The van der Waals surface area contributed by atoms with E-state index in [2.05, 4.69) is 16.4 Å². The number of anilines is 1. The van der Waals surface area contributed by atoms with E-state index in [1.165, 1.54) is 0 Å². The van der Waals surface area contributed by atoms with Crippen LogP contribution in [0.2, 0.25) is 0 Å². The number of benzene rings is 2. The smallest absolute Gasteiger partial charge is 0.128 e. The fourth-order valence-electron chi connectivity index (χ4n) is 2.44. The van der Waals surface area contributed by atoms with E-state index in [1.807, 2.05) is 42.5 Å². The minimum absolute atomic E-state index is 0.426. The van der Waals surface area contributed by atoms with Gasteiger partial charge in [-0.3, -0.25) is 5.41 Å². The average Bonchev–Trinajstić information content (AvgIpc) is 2.89.